The van der Waals surface area contributed by atoms with Gasteiger partial charge in [-0.25, -0.2) is 4.39 Å². The zero-order chi connectivity index (χ0) is 10.8. The van der Waals surface area contributed by atoms with E-state index in [-0.39, 0.29) is 23.7 Å². The Kier molecular flexibility index (Phi) is 2.55. The van der Waals surface area contributed by atoms with Crippen LogP contribution < -0.4 is 10.5 Å². The number of nitrogens with zero attached hydrogens (tertiary/aromatic N) is 1. The Morgan fingerprint density at radius 2 is 2.33 bits per heavy atom. The van der Waals surface area contributed by atoms with Gasteiger partial charge in [-0.15, -0.1) is 0 Å². The summed E-state index contributed by atoms with van der Waals surface area (Å²) in [5.41, 5.74) is 6.19. The highest BCUT2D eigenvalue weighted by atomic mass is 19.1. The molecule has 80 valence electrons. The van der Waals surface area contributed by atoms with Crippen LogP contribution in [-0.4, -0.2) is 18.3 Å². The number of nitrogens with two attached hydrogens (primary N) is 1. The molecular formula is C10H11FN2O2. The lowest BCUT2D eigenvalue weighted by molar-refractivity contribution is 0.292. The van der Waals surface area contributed by atoms with Crippen LogP contribution in [-0.2, 0) is 0 Å². The van der Waals surface area contributed by atoms with Crippen molar-refractivity contribution < 1.29 is 13.7 Å². The molecule has 15 heavy (non-hydrogen) atoms. The number of benzene rings is 1. The first-order valence-electron chi connectivity index (χ1n) is 4.61. The highest BCUT2D eigenvalue weighted by Gasteiger charge is 2.15. The van der Waals surface area contributed by atoms with Crippen LogP contribution in [0.3, 0.4) is 0 Å². The molecule has 0 spiro atoms. The van der Waals surface area contributed by atoms with Crippen LogP contribution in [0.25, 0.3) is 11.0 Å². The summed E-state index contributed by atoms with van der Waals surface area (Å²) in [6.07, 6.45) is 0. The van der Waals surface area contributed by atoms with Crippen LogP contribution in [0.15, 0.2) is 16.7 Å². The number of aryl methyl sites for hydroxylation is 1. The fraction of sp³-hybridized carbons (Fsp3) is 0.300. The molecule has 0 unspecified atom stereocenters. The molecule has 0 bridgehead atoms. The van der Waals surface area contributed by atoms with Crippen LogP contribution >= 0.6 is 0 Å². The van der Waals surface area contributed by atoms with Gasteiger partial charge >= 0.3 is 0 Å². The van der Waals surface area contributed by atoms with Gasteiger partial charge in [-0.05, 0) is 23.7 Å². The lowest BCUT2D eigenvalue weighted by Crippen LogP contribution is -2.10. The molecule has 0 aliphatic rings. The topological polar surface area (TPSA) is 61.3 Å². The maximum absolute atomic E-state index is 13.7. The third-order valence-electron chi connectivity index (χ3n) is 2.09. The number of hydrogen-bond acceptors (Lipinski definition) is 4. The summed E-state index contributed by atoms with van der Waals surface area (Å²) in [6, 6.07) is 3.30. The van der Waals surface area contributed by atoms with Gasteiger partial charge in [0.2, 0.25) is 0 Å². The molecule has 1 aromatic heterocycles. The highest BCUT2D eigenvalue weighted by molar-refractivity contribution is 5.83. The van der Waals surface area contributed by atoms with Gasteiger partial charge in [-0.3, -0.25) is 0 Å². The number of halogens is 1. The fourth-order valence-electron chi connectivity index (χ4n) is 1.33. The summed E-state index contributed by atoms with van der Waals surface area (Å²) in [6.45, 7) is 2.31. The molecule has 0 atom stereocenters. The average Bonchev–Trinajstić information content (AvgIpc) is 2.64. The Hall–Kier alpha value is -1.62. The Bertz CT molecular complexity index is 481. The minimum Gasteiger partial charge on any atom is -0.474 e. The van der Waals surface area contributed by atoms with E-state index in [1.807, 2.05) is 0 Å². The zero-order valence-electron chi connectivity index (χ0n) is 8.29. The number of aromatic nitrogens is 1. The van der Waals surface area contributed by atoms with Gasteiger partial charge in [0.25, 0.3) is 5.88 Å². The van der Waals surface area contributed by atoms with Gasteiger partial charge in [0.1, 0.15) is 17.8 Å². The summed E-state index contributed by atoms with van der Waals surface area (Å²) in [5, 5.41) is 3.92. The Morgan fingerprint density at radius 1 is 1.53 bits per heavy atom. The first kappa shape index (κ1) is 9.92. The van der Waals surface area contributed by atoms with Gasteiger partial charge in [-0.1, -0.05) is 6.07 Å². The first-order valence-corrected chi connectivity index (χ1v) is 4.61. The number of ether oxygens (including phenoxy) is 1. The minimum atomic E-state index is -0.360. The van der Waals surface area contributed by atoms with E-state index in [2.05, 4.69) is 5.16 Å². The number of hydrogen-bond donors (Lipinski definition) is 1. The lowest BCUT2D eigenvalue weighted by atomic mass is 10.2. The SMILES string of the molecule is Cc1ccc2onc(OCCN)c2c1F. The number of rotatable bonds is 3. The maximum atomic E-state index is 13.7. The van der Waals surface area contributed by atoms with Crippen molar-refractivity contribution in [1.82, 2.24) is 5.16 Å². The van der Waals surface area contributed by atoms with Gasteiger partial charge in [-0.2, -0.15) is 0 Å². The van der Waals surface area contributed by atoms with E-state index in [0.717, 1.165) is 0 Å². The fourth-order valence-corrected chi connectivity index (χ4v) is 1.33. The second kappa shape index (κ2) is 3.86. The smallest absolute Gasteiger partial charge is 0.265 e. The average molecular weight is 210 g/mol. The molecule has 2 N–H and O–H groups in total. The standard InChI is InChI=1S/C10H11FN2O2/c1-6-2-3-7-8(9(6)11)10(13-15-7)14-5-4-12/h2-3H,4-5,12H2,1H3. The molecule has 1 heterocycles. The largest absolute Gasteiger partial charge is 0.474 e. The summed E-state index contributed by atoms with van der Waals surface area (Å²) in [7, 11) is 0. The van der Waals surface area contributed by atoms with E-state index in [1.165, 1.54) is 0 Å². The van der Waals surface area contributed by atoms with Crippen LogP contribution in [0.2, 0.25) is 0 Å². The van der Waals surface area contributed by atoms with Gasteiger partial charge < -0.3 is 15.0 Å². The van der Waals surface area contributed by atoms with E-state index in [4.69, 9.17) is 15.0 Å². The van der Waals surface area contributed by atoms with E-state index >= 15 is 0 Å². The van der Waals surface area contributed by atoms with Crippen molar-refractivity contribution >= 4 is 11.0 Å². The van der Waals surface area contributed by atoms with Crippen LogP contribution in [0.4, 0.5) is 4.39 Å². The summed E-state index contributed by atoms with van der Waals surface area (Å²) < 4.78 is 23.8. The van der Waals surface area contributed by atoms with Crippen molar-refractivity contribution in [2.75, 3.05) is 13.2 Å². The van der Waals surface area contributed by atoms with Crippen LogP contribution in [0.5, 0.6) is 5.88 Å². The van der Waals surface area contributed by atoms with Crippen molar-refractivity contribution in [3.63, 3.8) is 0 Å². The van der Waals surface area contributed by atoms with Crippen LogP contribution in [0, 0.1) is 12.7 Å². The van der Waals surface area contributed by atoms with Crippen molar-refractivity contribution in [3.8, 4) is 5.88 Å². The Labute approximate surface area is 85.8 Å². The maximum Gasteiger partial charge on any atom is 0.265 e. The summed E-state index contributed by atoms with van der Waals surface area (Å²) >= 11 is 0. The quantitative estimate of drug-likeness (QED) is 0.836. The molecule has 1 aromatic carbocycles. The third-order valence-corrected chi connectivity index (χ3v) is 2.09. The van der Waals surface area contributed by atoms with E-state index in [9.17, 15) is 4.39 Å². The minimum absolute atomic E-state index is 0.164. The third kappa shape index (κ3) is 1.66. The molecule has 5 heteroatoms. The molecule has 0 fully saturated rings. The molecule has 2 rings (SSSR count). The first-order chi connectivity index (χ1) is 7.24. The monoisotopic (exact) mass is 210 g/mol. The lowest BCUT2D eigenvalue weighted by Gasteiger charge is -2.00. The van der Waals surface area contributed by atoms with Gasteiger partial charge in [0, 0.05) is 6.54 Å². The molecule has 2 aromatic rings. The van der Waals surface area contributed by atoms with E-state index in [0.29, 0.717) is 17.7 Å². The predicted molar refractivity (Wildman–Crippen MR) is 53.3 cm³/mol. The van der Waals surface area contributed by atoms with E-state index < -0.39 is 0 Å². The molecule has 0 saturated heterocycles. The molecule has 0 aliphatic carbocycles. The Balaban J connectivity index is 2.51. The second-order valence-corrected chi connectivity index (χ2v) is 3.19. The molecular weight excluding hydrogens is 199 g/mol. The van der Waals surface area contributed by atoms with Crippen molar-refractivity contribution in [3.05, 3.63) is 23.5 Å². The van der Waals surface area contributed by atoms with Crippen molar-refractivity contribution in [2.24, 2.45) is 5.73 Å². The second-order valence-electron chi connectivity index (χ2n) is 3.19. The van der Waals surface area contributed by atoms with Gasteiger partial charge in [0.15, 0.2) is 5.58 Å². The van der Waals surface area contributed by atoms with Crippen molar-refractivity contribution in [2.45, 2.75) is 6.92 Å². The Morgan fingerprint density at radius 3 is 3.07 bits per heavy atom. The molecule has 0 aliphatic heterocycles. The zero-order valence-corrected chi connectivity index (χ0v) is 8.29. The normalized spacial score (nSPS) is 10.9. The molecule has 0 amide bonds. The summed E-state index contributed by atoms with van der Waals surface area (Å²) in [4.78, 5) is 0. The van der Waals surface area contributed by atoms with Crippen LogP contribution in [0.1, 0.15) is 5.56 Å². The van der Waals surface area contributed by atoms with Gasteiger partial charge in [0.05, 0.1) is 0 Å². The molecule has 4 nitrogen and oxygen atoms in total. The van der Waals surface area contributed by atoms with E-state index in [1.54, 1.807) is 19.1 Å². The predicted octanol–water partition coefficient (Wildman–Crippen LogP) is 1.61. The molecule has 0 radical (unpaired) electrons. The van der Waals surface area contributed by atoms with Crippen molar-refractivity contribution in [1.29, 1.82) is 0 Å². The number of fused-ring (bicyclic) bond motifs is 1. The molecule has 0 saturated carbocycles. The highest BCUT2D eigenvalue weighted by Crippen LogP contribution is 2.29. The summed E-state index contributed by atoms with van der Waals surface area (Å²) in [5.74, 6) is -0.197.